The first-order valence-electron chi connectivity index (χ1n) is 14.0. The summed E-state index contributed by atoms with van der Waals surface area (Å²) in [6.45, 7) is 2.80. The number of methoxy groups -OCH3 is 1. The van der Waals surface area contributed by atoms with E-state index in [4.69, 9.17) is 29.0 Å². The van der Waals surface area contributed by atoms with Gasteiger partial charge in [-0.3, -0.25) is 13.9 Å². The number of ether oxygens (including phenoxy) is 3. The van der Waals surface area contributed by atoms with Gasteiger partial charge >= 0.3 is 13.7 Å². The lowest BCUT2D eigenvalue weighted by molar-refractivity contribution is -0.253. The summed E-state index contributed by atoms with van der Waals surface area (Å²) in [5, 5.41) is 13.5. The third kappa shape index (κ3) is 7.44. The SMILES string of the molecule is CCOc1nc(N)nc2c1ncn2[C@](C)(F)[C@H](O)[C@@](F)(COP(=O)(NC(C)C(=O)OC1CCCC1)Oc1ccccc1)OC. The van der Waals surface area contributed by atoms with Crippen molar-refractivity contribution in [1.82, 2.24) is 24.6 Å². The van der Waals surface area contributed by atoms with Gasteiger partial charge in [-0.15, -0.1) is 0 Å². The van der Waals surface area contributed by atoms with Crippen molar-refractivity contribution in [3.05, 3.63) is 36.7 Å². The Morgan fingerprint density at radius 1 is 1.25 bits per heavy atom. The van der Waals surface area contributed by atoms with Gasteiger partial charge in [-0.2, -0.15) is 15.1 Å². The molecule has 2 heterocycles. The second-order valence-electron chi connectivity index (χ2n) is 10.4. The number of nitrogens with two attached hydrogens (primary N) is 1. The summed E-state index contributed by atoms with van der Waals surface area (Å²) in [6, 6.07) is 6.57. The van der Waals surface area contributed by atoms with Crippen LogP contribution >= 0.6 is 7.75 Å². The fourth-order valence-electron chi connectivity index (χ4n) is 4.67. The molecule has 0 radical (unpaired) electrons. The molecule has 0 saturated heterocycles. The number of aliphatic hydroxyl groups is 1. The number of para-hydroxylation sites is 1. The molecule has 2 unspecified atom stereocenters. The summed E-state index contributed by atoms with van der Waals surface area (Å²) in [4.78, 5) is 24.7. The maximum atomic E-state index is 16.4. The Hall–Kier alpha value is -3.43. The van der Waals surface area contributed by atoms with Crippen molar-refractivity contribution in [3.63, 3.8) is 0 Å². The van der Waals surface area contributed by atoms with Crippen LogP contribution in [0.2, 0.25) is 0 Å². The molecule has 0 bridgehead atoms. The van der Waals surface area contributed by atoms with Gasteiger partial charge in [-0.1, -0.05) is 18.2 Å². The Bertz CT molecular complexity index is 1480. The monoisotopic (exact) mass is 642 g/mol. The Kier molecular flexibility index (Phi) is 10.4. The van der Waals surface area contributed by atoms with Crippen LogP contribution in [-0.2, 0) is 29.1 Å². The number of esters is 1. The van der Waals surface area contributed by atoms with Crippen molar-refractivity contribution >= 4 is 30.8 Å². The molecular formula is C27H37F2N6O8P. The quantitative estimate of drug-likeness (QED) is 0.161. The molecule has 0 spiro atoms. The third-order valence-electron chi connectivity index (χ3n) is 7.07. The number of carbonyl (C=O) groups is 1. The Labute approximate surface area is 252 Å². The first kappa shape index (κ1) is 33.5. The van der Waals surface area contributed by atoms with E-state index in [1.54, 1.807) is 25.1 Å². The number of nitrogens with zero attached hydrogens (tertiary/aromatic N) is 4. The number of rotatable bonds is 15. The van der Waals surface area contributed by atoms with Crippen molar-refractivity contribution in [2.24, 2.45) is 0 Å². The van der Waals surface area contributed by atoms with E-state index in [0.29, 0.717) is 12.8 Å². The van der Waals surface area contributed by atoms with Crippen LogP contribution in [0.15, 0.2) is 36.7 Å². The molecule has 17 heteroatoms. The maximum absolute atomic E-state index is 16.4. The number of aliphatic hydroxyl groups excluding tert-OH is 1. The summed E-state index contributed by atoms with van der Waals surface area (Å²) < 4.78 is 73.9. The number of nitrogen functional groups attached to an aromatic ring is 1. The minimum absolute atomic E-state index is 0.0127. The van der Waals surface area contributed by atoms with E-state index in [9.17, 15) is 14.5 Å². The van der Waals surface area contributed by atoms with E-state index in [-0.39, 0.29) is 41.5 Å². The lowest BCUT2D eigenvalue weighted by Crippen LogP contribution is -2.55. The molecule has 0 aliphatic heterocycles. The lowest BCUT2D eigenvalue weighted by Gasteiger charge is -2.37. The molecule has 1 aliphatic carbocycles. The molecule has 1 aliphatic rings. The van der Waals surface area contributed by atoms with E-state index in [1.165, 1.54) is 19.1 Å². The zero-order chi connectivity index (χ0) is 32.1. The number of carbonyl (C=O) groups excluding carboxylic acids is 1. The first-order valence-corrected chi connectivity index (χ1v) is 15.6. The van der Waals surface area contributed by atoms with E-state index < -0.39 is 44.1 Å². The molecule has 1 aromatic carbocycles. The van der Waals surface area contributed by atoms with Crippen molar-refractivity contribution < 1.29 is 46.5 Å². The summed E-state index contributed by atoms with van der Waals surface area (Å²) in [5.74, 6) is -7.29. The Balaban J connectivity index is 1.57. The van der Waals surface area contributed by atoms with Crippen LogP contribution in [0.3, 0.4) is 0 Å². The highest BCUT2D eigenvalue weighted by Gasteiger charge is 2.54. The van der Waals surface area contributed by atoms with Crippen molar-refractivity contribution in [2.45, 2.75) is 76.4 Å². The molecular weight excluding hydrogens is 605 g/mol. The van der Waals surface area contributed by atoms with Crippen LogP contribution in [0.5, 0.6) is 11.6 Å². The Morgan fingerprint density at radius 3 is 2.57 bits per heavy atom. The van der Waals surface area contributed by atoms with Gasteiger partial charge in [0.2, 0.25) is 17.6 Å². The fraction of sp³-hybridized carbons (Fsp3) is 0.556. The normalized spacial score (nSPS) is 19.4. The van der Waals surface area contributed by atoms with Crippen LogP contribution in [-0.4, -0.2) is 75.0 Å². The molecule has 4 N–H and O–H groups in total. The number of hydrogen-bond donors (Lipinski definition) is 3. The topological polar surface area (TPSA) is 182 Å². The first-order chi connectivity index (χ1) is 20.8. The smallest absolute Gasteiger partial charge is 0.459 e. The minimum Gasteiger partial charge on any atom is -0.476 e. The van der Waals surface area contributed by atoms with Gasteiger partial charge in [0.1, 0.15) is 24.5 Å². The second-order valence-corrected chi connectivity index (χ2v) is 12.1. The number of imidazole rings is 1. The predicted molar refractivity (Wildman–Crippen MR) is 154 cm³/mol. The lowest BCUT2D eigenvalue weighted by atomic mass is 10.0. The molecule has 0 amide bonds. The molecule has 5 atom stereocenters. The molecule has 242 valence electrons. The van der Waals surface area contributed by atoms with E-state index >= 15 is 8.78 Å². The standard InChI is InChI=1S/C27H37F2N6O8P/c1-5-40-22-20-21(32-25(30)33-22)35(16-31-20)26(3,28)24(37)27(29,39-4)15-41-44(38,43-19-13-7-6-8-14-19)34-17(2)23(36)42-18-11-9-10-12-18/h6-8,13-14,16-18,24,37H,5,9-12,15H2,1-4H3,(H,34,38)(H2,30,32,33)/t17?,24-,26-,27+,44?/m0/s1. The van der Waals surface area contributed by atoms with Crippen molar-refractivity contribution in [1.29, 1.82) is 0 Å². The minimum atomic E-state index is -4.59. The zero-order valence-corrected chi connectivity index (χ0v) is 25.7. The molecule has 4 rings (SSSR count). The molecule has 44 heavy (non-hydrogen) atoms. The van der Waals surface area contributed by atoms with Gasteiger partial charge in [0.05, 0.1) is 12.9 Å². The number of aromatic nitrogens is 4. The van der Waals surface area contributed by atoms with Crippen LogP contribution in [0.4, 0.5) is 14.7 Å². The van der Waals surface area contributed by atoms with E-state index in [0.717, 1.165) is 37.8 Å². The number of halogens is 2. The molecule has 2 aromatic heterocycles. The molecule has 3 aromatic rings. The predicted octanol–water partition coefficient (Wildman–Crippen LogP) is 3.79. The fourth-order valence-corrected chi connectivity index (χ4v) is 6.17. The summed E-state index contributed by atoms with van der Waals surface area (Å²) >= 11 is 0. The van der Waals surface area contributed by atoms with Gasteiger partial charge in [0.25, 0.3) is 5.85 Å². The molecule has 1 fully saturated rings. The highest BCUT2D eigenvalue weighted by molar-refractivity contribution is 7.52. The summed E-state index contributed by atoms with van der Waals surface area (Å²) in [5.41, 5.74) is 5.56. The highest BCUT2D eigenvalue weighted by atomic mass is 31.2. The summed E-state index contributed by atoms with van der Waals surface area (Å²) in [7, 11) is -3.73. The second kappa shape index (κ2) is 13.7. The third-order valence-corrected chi connectivity index (χ3v) is 8.69. The zero-order valence-electron chi connectivity index (χ0n) is 24.8. The average Bonchev–Trinajstić information content (AvgIpc) is 3.66. The van der Waals surface area contributed by atoms with E-state index in [2.05, 4.69) is 20.0 Å². The maximum Gasteiger partial charge on any atom is 0.459 e. The number of nitrogens with one attached hydrogen (secondary N) is 1. The highest BCUT2D eigenvalue weighted by Crippen LogP contribution is 2.47. The number of hydrogen-bond acceptors (Lipinski definition) is 12. The van der Waals surface area contributed by atoms with Gasteiger partial charge in [0, 0.05) is 7.11 Å². The van der Waals surface area contributed by atoms with Crippen LogP contribution in [0.25, 0.3) is 11.2 Å². The molecule has 1 saturated carbocycles. The largest absolute Gasteiger partial charge is 0.476 e. The van der Waals surface area contributed by atoms with Gasteiger partial charge in [0.15, 0.2) is 17.3 Å². The van der Waals surface area contributed by atoms with Crippen molar-refractivity contribution in [2.75, 3.05) is 26.1 Å². The van der Waals surface area contributed by atoms with Gasteiger partial charge < -0.3 is 29.6 Å². The van der Waals surface area contributed by atoms with Gasteiger partial charge in [-0.25, -0.2) is 18.3 Å². The molecule has 14 nitrogen and oxygen atoms in total. The number of fused-ring (bicyclic) bond motifs is 1. The van der Waals surface area contributed by atoms with Gasteiger partial charge in [-0.05, 0) is 58.6 Å². The van der Waals surface area contributed by atoms with Crippen LogP contribution in [0.1, 0.15) is 46.5 Å². The number of benzene rings is 1. The number of alkyl halides is 2. The number of anilines is 1. The van der Waals surface area contributed by atoms with Crippen molar-refractivity contribution in [3.8, 4) is 11.6 Å². The Morgan fingerprint density at radius 2 is 1.93 bits per heavy atom. The van der Waals surface area contributed by atoms with Crippen LogP contribution in [0, 0.1) is 0 Å². The summed E-state index contributed by atoms with van der Waals surface area (Å²) in [6.07, 6.45) is 1.34. The van der Waals surface area contributed by atoms with E-state index in [1.807, 2.05) is 0 Å². The average molecular weight is 643 g/mol. The van der Waals surface area contributed by atoms with Crippen LogP contribution < -0.4 is 20.1 Å².